The summed E-state index contributed by atoms with van der Waals surface area (Å²) in [6.45, 7) is 5.88. The lowest BCUT2D eigenvalue weighted by Crippen LogP contribution is -2.31. The summed E-state index contributed by atoms with van der Waals surface area (Å²) >= 11 is 0. The highest BCUT2D eigenvalue weighted by Gasteiger charge is 2.25. The fourth-order valence-electron chi connectivity index (χ4n) is 4.17. The van der Waals surface area contributed by atoms with E-state index in [9.17, 15) is 0 Å². The Morgan fingerprint density at radius 2 is 2.07 bits per heavy atom. The van der Waals surface area contributed by atoms with Gasteiger partial charge in [-0.3, -0.25) is 4.90 Å². The molecule has 2 aliphatic rings. The van der Waals surface area contributed by atoms with Crippen LogP contribution in [-0.2, 0) is 19.5 Å². The molecular weight excluding hydrogens is 342 g/mol. The van der Waals surface area contributed by atoms with Crippen molar-refractivity contribution in [3.05, 3.63) is 35.4 Å². The second-order valence-electron chi connectivity index (χ2n) is 7.37. The standard InChI is InChI=1S/C20H29N5O2/c1-26-17-5-6-18(27-2)16(12-17)14-24-9-7-19-22-23-20(25(19)11-10-24)15-4-3-8-21-13-15/h5-6,12,15,21H,3-4,7-11,13-14H2,1-2H3/t15-/m1/s1. The number of hydrogen-bond donors (Lipinski definition) is 1. The Morgan fingerprint density at radius 3 is 2.85 bits per heavy atom. The Balaban J connectivity index is 1.47. The lowest BCUT2D eigenvalue weighted by atomic mass is 9.99. The van der Waals surface area contributed by atoms with Crippen molar-refractivity contribution in [3.8, 4) is 11.5 Å². The fourth-order valence-corrected chi connectivity index (χ4v) is 4.17. The molecular formula is C20H29N5O2. The van der Waals surface area contributed by atoms with Crippen LogP contribution in [-0.4, -0.2) is 60.1 Å². The number of aromatic nitrogens is 3. The lowest BCUT2D eigenvalue weighted by molar-refractivity contribution is 0.264. The number of hydrogen-bond acceptors (Lipinski definition) is 6. The first-order chi connectivity index (χ1) is 13.3. The maximum absolute atomic E-state index is 5.55. The molecule has 0 saturated carbocycles. The minimum atomic E-state index is 0.491. The molecule has 0 radical (unpaired) electrons. The van der Waals surface area contributed by atoms with Crippen LogP contribution in [0.25, 0.3) is 0 Å². The van der Waals surface area contributed by atoms with Crippen LogP contribution in [0.1, 0.15) is 36.0 Å². The Kier molecular flexibility index (Phi) is 5.59. The van der Waals surface area contributed by atoms with Gasteiger partial charge in [0.05, 0.1) is 14.2 Å². The van der Waals surface area contributed by atoms with Crippen molar-refractivity contribution in [2.45, 2.75) is 38.3 Å². The highest BCUT2D eigenvalue weighted by molar-refractivity contribution is 5.40. The number of benzene rings is 1. The Labute approximate surface area is 160 Å². The molecule has 3 heterocycles. The molecule has 2 aliphatic heterocycles. The summed E-state index contributed by atoms with van der Waals surface area (Å²) in [6, 6.07) is 5.99. The van der Waals surface area contributed by atoms with Crippen molar-refractivity contribution in [1.29, 1.82) is 0 Å². The van der Waals surface area contributed by atoms with E-state index < -0.39 is 0 Å². The maximum Gasteiger partial charge on any atom is 0.137 e. The van der Waals surface area contributed by atoms with E-state index >= 15 is 0 Å². The fraction of sp³-hybridized carbons (Fsp3) is 0.600. The summed E-state index contributed by atoms with van der Waals surface area (Å²) in [7, 11) is 3.42. The molecule has 1 N–H and O–H groups in total. The van der Waals surface area contributed by atoms with Crippen LogP contribution >= 0.6 is 0 Å². The first-order valence-electron chi connectivity index (χ1n) is 9.84. The molecule has 1 aromatic carbocycles. The number of methoxy groups -OCH3 is 2. The molecule has 1 aromatic heterocycles. The molecule has 146 valence electrons. The summed E-state index contributed by atoms with van der Waals surface area (Å²) in [5, 5.41) is 12.5. The van der Waals surface area contributed by atoms with Crippen LogP contribution in [0.3, 0.4) is 0 Å². The van der Waals surface area contributed by atoms with Gasteiger partial charge in [0, 0.05) is 50.6 Å². The minimum Gasteiger partial charge on any atom is -0.497 e. The van der Waals surface area contributed by atoms with Gasteiger partial charge >= 0.3 is 0 Å². The third-order valence-electron chi connectivity index (χ3n) is 5.69. The molecule has 7 nitrogen and oxygen atoms in total. The SMILES string of the molecule is COc1ccc(OC)c(CN2CCc3nnc([C@@H]4CCCNC4)n3CC2)c1. The van der Waals surface area contributed by atoms with Gasteiger partial charge in [-0.25, -0.2) is 0 Å². The molecule has 0 unspecified atom stereocenters. The van der Waals surface area contributed by atoms with Crippen molar-refractivity contribution < 1.29 is 9.47 Å². The quantitative estimate of drug-likeness (QED) is 0.865. The second-order valence-corrected chi connectivity index (χ2v) is 7.37. The summed E-state index contributed by atoms with van der Waals surface area (Å²) in [5.74, 6) is 4.55. The van der Waals surface area contributed by atoms with Gasteiger partial charge in [0.2, 0.25) is 0 Å². The van der Waals surface area contributed by atoms with Crippen LogP contribution in [0, 0.1) is 0 Å². The van der Waals surface area contributed by atoms with Gasteiger partial charge < -0.3 is 19.4 Å². The zero-order valence-corrected chi connectivity index (χ0v) is 16.3. The number of piperidine rings is 1. The Morgan fingerprint density at radius 1 is 1.15 bits per heavy atom. The van der Waals surface area contributed by atoms with Gasteiger partial charge in [-0.05, 0) is 37.6 Å². The first-order valence-corrected chi connectivity index (χ1v) is 9.84. The Hall–Kier alpha value is -2.12. The average molecular weight is 371 g/mol. The van der Waals surface area contributed by atoms with Crippen molar-refractivity contribution in [3.63, 3.8) is 0 Å². The van der Waals surface area contributed by atoms with E-state index in [-0.39, 0.29) is 0 Å². The highest BCUT2D eigenvalue weighted by Crippen LogP contribution is 2.27. The number of ether oxygens (including phenoxy) is 2. The van der Waals surface area contributed by atoms with Gasteiger partial charge in [-0.2, -0.15) is 0 Å². The van der Waals surface area contributed by atoms with E-state index in [4.69, 9.17) is 9.47 Å². The molecule has 4 rings (SSSR count). The summed E-state index contributed by atoms with van der Waals surface area (Å²) in [4.78, 5) is 2.47. The first kappa shape index (κ1) is 18.3. The van der Waals surface area contributed by atoms with Crippen LogP contribution in [0.15, 0.2) is 18.2 Å². The molecule has 0 aliphatic carbocycles. The van der Waals surface area contributed by atoms with E-state index in [2.05, 4.69) is 31.0 Å². The van der Waals surface area contributed by atoms with Gasteiger partial charge in [-0.15, -0.1) is 10.2 Å². The van der Waals surface area contributed by atoms with Crippen molar-refractivity contribution in [2.24, 2.45) is 0 Å². The summed E-state index contributed by atoms with van der Waals surface area (Å²) in [5.41, 5.74) is 1.16. The molecule has 2 aromatic rings. The normalized spacial score (nSPS) is 20.7. The van der Waals surface area contributed by atoms with Gasteiger partial charge in [0.15, 0.2) is 0 Å². The number of nitrogens with one attached hydrogen (secondary N) is 1. The second kappa shape index (κ2) is 8.27. The third kappa shape index (κ3) is 3.94. The highest BCUT2D eigenvalue weighted by atomic mass is 16.5. The van der Waals surface area contributed by atoms with Crippen LogP contribution < -0.4 is 14.8 Å². The molecule has 1 atom stereocenters. The number of rotatable bonds is 5. The van der Waals surface area contributed by atoms with Crippen molar-refractivity contribution in [2.75, 3.05) is 40.4 Å². The number of nitrogens with zero attached hydrogens (tertiary/aromatic N) is 4. The van der Waals surface area contributed by atoms with E-state index in [0.29, 0.717) is 5.92 Å². The molecule has 27 heavy (non-hydrogen) atoms. The zero-order chi connectivity index (χ0) is 18.6. The van der Waals surface area contributed by atoms with Gasteiger partial charge in [0.1, 0.15) is 23.1 Å². The molecule has 1 fully saturated rings. The molecule has 0 amide bonds. The number of fused-ring (bicyclic) bond motifs is 1. The largest absolute Gasteiger partial charge is 0.497 e. The van der Waals surface area contributed by atoms with Crippen LogP contribution in [0.5, 0.6) is 11.5 Å². The predicted molar refractivity (Wildman–Crippen MR) is 103 cm³/mol. The summed E-state index contributed by atoms with van der Waals surface area (Å²) in [6.07, 6.45) is 3.35. The minimum absolute atomic E-state index is 0.491. The topological polar surface area (TPSA) is 64.4 Å². The predicted octanol–water partition coefficient (Wildman–Crippen LogP) is 1.82. The van der Waals surface area contributed by atoms with E-state index in [1.807, 2.05) is 12.1 Å². The van der Waals surface area contributed by atoms with Gasteiger partial charge in [0.25, 0.3) is 0 Å². The van der Waals surface area contributed by atoms with E-state index in [1.54, 1.807) is 14.2 Å². The van der Waals surface area contributed by atoms with Crippen LogP contribution in [0.4, 0.5) is 0 Å². The maximum atomic E-state index is 5.55. The molecule has 1 saturated heterocycles. The van der Waals surface area contributed by atoms with Crippen molar-refractivity contribution in [1.82, 2.24) is 25.0 Å². The van der Waals surface area contributed by atoms with E-state index in [0.717, 1.165) is 74.4 Å². The van der Waals surface area contributed by atoms with Crippen LogP contribution in [0.2, 0.25) is 0 Å². The molecule has 0 spiro atoms. The monoisotopic (exact) mass is 371 g/mol. The molecule has 7 heteroatoms. The third-order valence-corrected chi connectivity index (χ3v) is 5.69. The van der Waals surface area contributed by atoms with Crippen molar-refractivity contribution >= 4 is 0 Å². The summed E-state index contributed by atoms with van der Waals surface area (Å²) < 4.78 is 13.3. The zero-order valence-electron chi connectivity index (χ0n) is 16.3. The van der Waals surface area contributed by atoms with E-state index in [1.165, 1.54) is 12.8 Å². The lowest BCUT2D eigenvalue weighted by Gasteiger charge is -2.23. The van der Waals surface area contributed by atoms with Gasteiger partial charge in [-0.1, -0.05) is 0 Å². The average Bonchev–Trinajstić information content (AvgIpc) is 3.03. The smallest absolute Gasteiger partial charge is 0.137 e. The molecule has 0 bridgehead atoms. The Bertz CT molecular complexity index is 770.